The van der Waals surface area contributed by atoms with Gasteiger partial charge in [-0.1, -0.05) is 0 Å². The molecule has 1 aromatic carbocycles. The number of carboxylic acids is 1. The Kier molecular flexibility index (Phi) is 4.62. The minimum atomic E-state index is -4.29. The van der Waals surface area contributed by atoms with Crippen LogP contribution in [0.25, 0.3) is 0 Å². The maximum absolute atomic E-state index is 11.4. The van der Waals surface area contributed by atoms with Crippen LogP contribution in [0.1, 0.15) is 18.4 Å². The topological polar surface area (TPSA) is 121 Å². The molecule has 0 aliphatic heterocycles. The normalized spacial score (nSPS) is 11.1. The first kappa shape index (κ1) is 15.1. The number of rotatable bonds is 5. The van der Waals surface area contributed by atoms with E-state index < -0.39 is 22.0 Å². The van der Waals surface area contributed by atoms with Crippen LogP contribution in [0.5, 0.6) is 0 Å². The van der Waals surface area contributed by atoms with Crippen molar-refractivity contribution in [2.75, 3.05) is 5.32 Å². The SMILES string of the molecule is Cc1cc(NC(=O)CCC(=O)O)ccc1S(=O)(=O)O. The first-order valence-electron chi connectivity index (χ1n) is 5.30. The predicted molar refractivity (Wildman–Crippen MR) is 66.5 cm³/mol. The molecule has 0 saturated heterocycles. The third-order valence-corrected chi connectivity index (χ3v) is 3.32. The molecule has 7 nitrogen and oxygen atoms in total. The minimum absolute atomic E-state index is 0.172. The zero-order valence-corrected chi connectivity index (χ0v) is 10.9. The summed E-state index contributed by atoms with van der Waals surface area (Å²) in [5.74, 6) is -1.56. The predicted octanol–water partition coefficient (Wildman–Crippen LogP) is 1.05. The molecule has 0 atom stereocenters. The third-order valence-electron chi connectivity index (χ3n) is 2.30. The molecule has 0 unspecified atom stereocenters. The van der Waals surface area contributed by atoms with Crippen LogP contribution >= 0.6 is 0 Å². The molecular weight excluding hydrogens is 274 g/mol. The fourth-order valence-corrected chi connectivity index (χ4v) is 2.17. The summed E-state index contributed by atoms with van der Waals surface area (Å²) in [7, 11) is -4.29. The lowest BCUT2D eigenvalue weighted by molar-refractivity contribution is -0.138. The van der Waals surface area contributed by atoms with Gasteiger partial charge >= 0.3 is 5.97 Å². The van der Waals surface area contributed by atoms with Crippen molar-refractivity contribution in [3.05, 3.63) is 23.8 Å². The molecule has 0 aliphatic rings. The minimum Gasteiger partial charge on any atom is -0.481 e. The number of carbonyl (C=O) groups is 2. The summed E-state index contributed by atoms with van der Waals surface area (Å²) in [5, 5.41) is 10.9. The summed E-state index contributed by atoms with van der Waals surface area (Å²) < 4.78 is 30.8. The van der Waals surface area contributed by atoms with Crippen LogP contribution in [-0.4, -0.2) is 30.0 Å². The van der Waals surface area contributed by atoms with E-state index in [1.54, 1.807) is 0 Å². The van der Waals surface area contributed by atoms with Gasteiger partial charge < -0.3 is 10.4 Å². The molecule has 0 saturated carbocycles. The highest BCUT2D eigenvalue weighted by Crippen LogP contribution is 2.19. The van der Waals surface area contributed by atoms with Gasteiger partial charge in [0.2, 0.25) is 5.91 Å². The summed E-state index contributed by atoms with van der Waals surface area (Å²) >= 11 is 0. The number of hydrogen-bond acceptors (Lipinski definition) is 4. The van der Waals surface area contributed by atoms with Crippen molar-refractivity contribution in [2.45, 2.75) is 24.7 Å². The Morgan fingerprint density at radius 3 is 2.37 bits per heavy atom. The molecule has 0 fully saturated rings. The van der Waals surface area contributed by atoms with E-state index in [1.807, 2.05) is 0 Å². The summed E-state index contributed by atoms with van der Waals surface area (Å²) in [6, 6.07) is 3.86. The Balaban J connectivity index is 2.80. The van der Waals surface area contributed by atoms with Crippen LogP contribution in [0.2, 0.25) is 0 Å². The molecule has 0 bridgehead atoms. The Labute approximate surface area is 110 Å². The number of aryl methyl sites for hydroxylation is 1. The van der Waals surface area contributed by atoms with Gasteiger partial charge in [-0.3, -0.25) is 14.1 Å². The van der Waals surface area contributed by atoms with Gasteiger partial charge in [0.05, 0.1) is 11.3 Å². The molecule has 0 aliphatic carbocycles. The lowest BCUT2D eigenvalue weighted by Gasteiger charge is -2.07. The van der Waals surface area contributed by atoms with E-state index in [-0.39, 0.29) is 23.3 Å². The van der Waals surface area contributed by atoms with Gasteiger partial charge in [-0.05, 0) is 30.7 Å². The van der Waals surface area contributed by atoms with Crippen molar-refractivity contribution in [1.82, 2.24) is 0 Å². The number of aliphatic carboxylic acids is 1. The lowest BCUT2D eigenvalue weighted by atomic mass is 10.2. The average molecular weight is 287 g/mol. The van der Waals surface area contributed by atoms with Crippen LogP contribution in [0, 0.1) is 6.92 Å². The second-order valence-electron chi connectivity index (χ2n) is 3.90. The molecule has 1 aromatic rings. The van der Waals surface area contributed by atoms with Gasteiger partial charge in [0, 0.05) is 12.1 Å². The van der Waals surface area contributed by atoms with Crippen LogP contribution in [-0.2, 0) is 19.7 Å². The summed E-state index contributed by atoms with van der Waals surface area (Å²) in [5.41, 5.74) is 0.610. The van der Waals surface area contributed by atoms with Crippen molar-refractivity contribution < 1.29 is 27.7 Å². The molecule has 8 heteroatoms. The van der Waals surface area contributed by atoms with Gasteiger partial charge in [-0.25, -0.2) is 0 Å². The zero-order chi connectivity index (χ0) is 14.6. The Morgan fingerprint density at radius 1 is 1.26 bits per heavy atom. The first-order valence-corrected chi connectivity index (χ1v) is 6.74. The molecule has 1 rings (SSSR count). The maximum Gasteiger partial charge on any atom is 0.303 e. The van der Waals surface area contributed by atoms with Crippen molar-refractivity contribution >= 4 is 27.7 Å². The first-order chi connectivity index (χ1) is 8.70. The molecule has 0 radical (unpaired) electrons. The summed E-state index contributed by atoms with van der Waals surface area (Å²) in [6.07, 6.45) is -0.456. The molecule has 0 heterocycles. The Hall–Kier alpha value is -1.93. The van der Waals surface area contributed by atoms with Gasteiger partial charge in [-0.15, -0.1) is 0 Å². The Bertz CT molecular complexity index is 608. The molecule has 19 heavy (non-hydrogen) atoms. The fraction of sp³-hybridized carbons (Fsp3) is 0.273. The highest BCUT2D eigenvalue weighted by atomic mass is 32.2. The van der Waals surface area contributed by atoms with Gasteiger partial charge in [0.15, 0.2) is 0 Å². The summed E-state index contributed by atoms with van der Waals surface area (Å²) in [6.45, 7) is 1.47. The fourth-order valence-electron chi connectivity index (χ4n) is 1.46. The average Bonchev–Trinajstić information content (AvgIpc) is 2.24. The van der Waals surface area contributed by atoms with Gasteiger partial charge in [0.25, 0.3) is 10.1 Å². The van der Waals surface area contributed by atoms with E-state index in [9.17, 15) is 18.0 Å². The number of carbonyl (C=O) groups excluding carboxylic acids is 1. The van der Waals surface area contributed by atoms with Crippen LogP contribution < -0.4 is 5.32 Å². The highest BCUT2D eigenvalue weighted by Gasteiger charge is 2.13. The van der Waals surface area contributed by atoms with Crippen molar-refractivity contribution in [1.29, 1.82) is 0 Å². The second-order valence-corrected chi connectivity index (χ2v) is 5.29. The van der Waals surface area contributed by atoms with E-state index >= 15 is 0 Å². The van der Waals surface area contributed by atoms with E-state index in [1.165, 1.54) is 19.1 Å². The van der Waals surface area contributed by atoms with E-state index in [4.69, 9.17) is 9.66 Å². The molecule has 104 valence electrons. The standard InChI is InChI=1S/C11H13NO6S/c1-7-6-8(2-3-9(7)19(16,17)18)12-10(13)4-5-11(14)15/h2-3,6H,4-5H2,1H3,(H,12,13)(H,14,15)(H,16,17,18). The highest BCUT2D eigenvalue weighted by molar-refractivity contribution is 7.85. The largest absolute Gasteiger partial charge is 0.481 e. The number of nitrogens with one attached hydrogen (secondary N) is 1. The number of anilines is 1. The smallest absolute Gasteiger partial charge is 0.303 e. The summed E-state index contributed by atoms with van der Waals surface area (Å²) in [4.78, 5) is 21.4. The second kappa shape index (κ2) is 5.81. The molecule has 3 N–H and O–H groups in total. The van der Waals surface area contributed by atoms with Crippen molar-refractivity contribution in [3.63, 3.8) is 0 Å². The van der Waals surface area contributed by atoms with E-state index in [0.717, 1.165) is 6.07 Å². The number of benzene rings is 1. The molecule has 0 aromatic heterocycles. The maximum atomic E-state index is 11.4. The molecule has 0 spiro atoms. The van der Waals surface area contributed by atoms with Gasteiger partial charge in [0.1, 0.15) is 0 Å². The lowest BCUT2D eigenvalue weighted by Crippen LogP contribution is -2.13. The number of hydrogen-bond donors (Lipinski definition) is 3. The van der Waals surface area contributed by atoms with Gasteiger partial charge in [-0.2, -0.15) is 8.42 Å². The zero-order valence-electron chi connectivity index (χ0n) is 10.1. The van der Waals surface area contributed by atoms with E-state index in [0.29, 0.717) is 5.69 Å². The quantitative estimate of drug-likeness (QED) is 0.696. The molecular formula is C11H13NO6S. The van der Waals surface area contributed by atoms with Crippen LogP contribution in [0.15, 0.2) is 23.1 Å². The van der Waals surface area contributed by atoms with Crippen LogP contribution in [0.4, 0.5) is 5.69 Å². The van der Waals surface area contributed by atoms with Crippen LogP contribution in [0.3, 0.4) is 0 Å². The number of carboxylic acid groups (broad SMARTS) is 1. The molecule has 1 amide bonds. The van der Waals surface area contributed by atoms with Crippen molar-refractivity contribution in [2.24, 2.45) is 0 Å². The van der Waals surface area contributed by atoms with Crippen molar-refractivity contribution in [3.8, 4) is 0 Å². The Morgan fingerprint density at radius 2 is 1.89 bits per heavy atom. The number of amides is 1. The third kappa shape index (κ3) is 4.68. The van der Waals surface area contributed by atoms with E-state index in [2.05, 4.69) is 5.32 Å². The monoisotopic (exact) mass is 287 g/mol.